The summed E-state index contributed by atoms with van der Waals surface area (Å²) in [5.74, 6) is 0.477. The number of aromatic nitrogens is 1. The first-order valence-electron chi connectivity index (χ1n) is 8.38. The summed E-state index contributed by atoms with van der Waals surface area (Å²) in [5.41, 5.74) is 5.08. The first kappa shape index (κ1) is 14.4. The van der Waals surface area contributed by atoms with Gasteiger partial charge in [0, 0.05) is 17.1 Å². The molecule has 0 bridgehead atoms. The Balaban J connectivity index is 2.00. The second-order valence-electron chi connectivity index (χ2n) is 6.58. The van der Waals surface area contributed by atoms with Crippen LogP contribution in [-0.2, 0) is 6.42 Å². The molecule has 21 heavy (non-hydrogen) atoms. The Morgan fingerprint density at radius 3 is 2.81 bits per heavy atom. The molecule has 2 aromatic rings. The summed E-state index contributed by atoms with van der Waals surface area (Å²) >= 11 is 0. The molecule has 0 aliphatic carbocycles. The lowest BCUT2D eigenvalue weighted by atomic mass is 9.93. The van der Waals surface area contributed by atoms with Gasteiger partial charge >= 0.3 is 0 Å². The summed E-state index contributed by atoms with van der Waals surface area (Å²) in [6, 6.07) is 9.50. The second kappa shape index (κ2) is 6.05. The third kappa shape index (κ3) is 2.90. The number of pyridine rings is 1. The Hall–Kier alpha value is -1.57. The fourth-order valence-corrected chi connectivity index (χ4v) is 3.21. The van der Waals surface area contributed by atoms with E-state index in [0.717, 1.165) is 0 Å². The van der Waals surface area contributed by atoms with Crippen LogP contribution >= 0.6 is 0 Å². The minimum absolute atomic E-state index is 0.477. The molecule has 2 heteroatoms. The van der Waals surface area contributed by atoms with Crippen molar-refractivity contribution in [1.29, 1.82) is 0 Å². The molecule has 2 nitrogen and oxygen atoms in total. The van der Waals surface area contributed by atoms with Gasteiger partial charge in [-0.3, -0.25) is 4.98 Å². The first-order valence-corrected chi connectivity index (χ1v) is 8.38. The van der Waals surface area contributed by atoms with Gasteiger partial charge in [0.15, 0.2) is 0 Å². The molecule has 2 heterocycles. The number of fused-ring (bicyclic) bond motifs is 3. The quantitative estimate of drug-likeness (QED) is 0.825. The van der Waals surface area contributed by atoms with Crippen LogP contribution in [0.3, 0.4) is 0 Å². The predicted octanol–water partition coefficient (Wildman–Crippen LogP) is 5.28. The van der Waals surface area contributed by atoms with Crippen LogP contribution in [0, 0.1) is 0 Å². The number of anilines is 1. The van der Waals surface area contributed by atoms with Crippen molar-refractivity contribution < 1.29 is 0 Å². The number of benzene rings is 1. The van der Waals surface area contributed by atoms with E-state index in [2.05, 4.69) is 50.4 Å². The van der Waals surface area contributed by atoms with Gasteiger partial charge < -0.3 is 5.32 Å². The standard InChI is InChI=1S/C19H26N2/c1-4-5-6-16-11-9-14-7-8-15-10-12-17(13(2)3)21-19(15)18(14)20-16/h7-8,10,12-13,16,20H,4-6,9,11H2,1-3H3. The molecule has 1 aliphatic rings. The molecule has 1 aromatic carbocycles. The highest BCUT2D eigenvalue weighted by Gasteiger charge is 2.20. The van der Waals surface area contributed by atoms with Gasteiger partial charge in [-0.05, 0) is 36.8 Å². The number of unbranched alkanes of at least 4 members (excludes halogenated alkanes) is 1. The van der Waals surface area contributed by atoms with E-state index in [1.54, 1.807) is 0 Å². The van der Waals surface area contributed by atoms with Crippen molar-refractivity contribution in [3.8, 4) is 0 Å². The average Bonchev–Trinajstić information content (AvgIpc) is 2.52. The minimum Gasteiger partial charge on any atom is -0.380 e. The second-order valence-corrected chi connectivity index (χ2v) is 6.58. The lowest BCUT2D eigenvalue weighted by Gasteiger charge is -2.28. The highest BCUT2D eigenvalue weighted by Crippen LogP contribution is 2.33. The molecule has 1 aromatic heterocycles. The van der Waals surface area contributed by atoms with E-state index in [1.165, 1.54) is 60.0 Å². The van der Waals surface area contributed by atoms with Gasteiger partial charge in [0.05, 0.1) is 11.2 Å². The molecular weight excluding hydrogens is 256 g/mol. The molecule has 0 fully saturated rings. The minimum atomic E-state index is 0.477. The van der Waals surface area contributed by atoms with E-state index in [9.17, 15) is 0 Å². The van der Waals surface area contributed by atoms with E-state index >= 15 is 0 Å². The molecule has 1 atom stereocenters. The van der Waals surface area contributed by atoms with E-state index < -0.39 is 0 Å². The fourth-order valence-electron chi connectivity index (χ4n) is 3.21. The average molecular weight is 282 g/mol. The zero-order chi connectivity index (χ0) is 14.8. The summed E-state index contributed by atoms with van der Waals surface area (Å²) in [7, 11) is 0. The van der Waals surface area contributed by atoms with Crippen molar-refractivity contribution in [2.45, 2.75) is 64.8 Å². The van der Waals surface area contributed by atoms with Crippen molar-refractivity contribution in [3.05, 3.63) is 35.5 Å². The lowest BCUT2D eigenvalue weighted by Crippen LogP contribution is -2.25. The fraction of sp³-hybridized carbons (Fsp3) is 0.526. The van der Waals surface area contributed by atoms with Gasteiger partial charge in [-0.1, -0.05) is 51.8 Å². The van der Waals surface area contributed by atoms with Gasteiger partial charge in [0.25, 0.3) is 0 Å². The Bertz CT molecular complexity index is 631. The van der Waals surface area contributed by atoms with Gasteiger partial charge in [-0.15, -0.1) is 0 Å². The number of nitrogens with zero attached hydrogens (tertiary/aromatic N) is 1. The number of aryl methyl sites for hydroxylation is 1. The van der Waals surface area contributed by atoms with Crippen LogP contribution in [0.5, 0.6) is 0 Å². The number of hydrogen-bond donors (Lipinski definition) is 1. The Labute approximate surface area is 128 Å². The molecule has 1 aliphatic heterocycles. The van der Waals surface area contributed by atoms with Crippen LogP contribution in [0.25, 0.3) is 10.9 Å². The number of rotatable bonds is 4. The molecule has 0 radical (unpaired) electrons. The van der Waals surface area contributed by atoms with Gasteiger partial charge in [-0.25, -0.2) is 0 Å². The predicted molar refractivity (Wildman–Crippen MR) is 91.1 cm³/mol. The molecule has 1 unspecified atom stereocenters. The maximum Gasteiger partial charge on any atom is 0.0939 e. The monoisotopic (exact) mass is 282 g/mol. The van der Waals surface area contributed by atoms with E-state index in [0.29, 0.717) is 12.0 Å². The van der Waals surface area contributed by atoms with Crippen LogP contribution in [0.1, 0.15) is 63.6 Å². The Kier molecular flexibility index (Phi) is 4.14. The first-order chi connectivity index (χ1) is 10.2. The normalized spacial score (nSPS) is 17.8. The van der Waals surface area contributed by atoms with Crippen LogP contribution in [-0.4, -0.2) is 11.0 Å². The van der Waals surface area contributed by atoms with E-state index in [-0.39, 0.29) is 0 Å². The highest BCUT2D eigenvalue weighted by atomic mass is 14.9. The topological polar surface area (TPSA) is 24.9 Å². The maximum absolute atomic E-state index is 4.94. The zero-order valence-electron chi connectivity index (χ0n) is 13.4. The maximum atomic E-state index is 4.94. The van der Waals surface area contributed by atoms with Crippen LogP contribution in [0.2, 0.25) is 0 Å². The summed E-state index contributed by atoms with van der Waals surface area (Å²) in [6.07, 6.45) is 6.29. The Morgan fingerprint density at radius 2 is 2.05 bits per heavy atom. The number of nitrogens with one attached hydrogen (secondary N) is 1. The van der Waals surface area contributed by atoms with Gasteiger partial charge in [0.2, 0.25) is 0 Å². The van der Waals surface area contributed by atoms with Gasteiger partial charge in [-0.2, -0.15) is 0 Å². The van der Waals surface area contributed by atoms with Crippen molar-refractivity contribution >= 4 is 16.6 Å². The largest absolute Gasteiger partial charge is 0.380 e. The van der Waals surface area contributed by atoms with Crippen LogP contribution in [0.4, 0.5) is 5.69 Å². The summed E-state index contributed by atoms with van der Waals surface area (Å²) < 4.78 is 0. The summed E-state index contributed by atoms with van der Waals surface area (Å²) in [5, 5.41) is 5.03. The van der Waals surface area contributed by atoms with Gasteiger partial charge in [0.1, 0.15) is 0 Å². The highest BCUT2D eigenvalue weighted by molar-refractivity contribution is 5.92. The van der Waals surface area contributed by atoms with Crippen molar-refractivity contribution in [1.82, 2.24) is 4.98 Å². The van der Waals surface area contributed by atoms with Crippen LogP contribution < -0.4 is 5.32 Å². The number of hydrogen-bond acceptors (Lipinski definition) is 2. The van der Waals surface area contributed by atoms with Crippen molar-refractivity contribution in [3.63, 3.8) is 0 Å². The SMILES string of the molecule is CCCCC1CCc2ccc3ccc(C(C)C)nc3c2N1. The smallest absolute Gasteiger partial charge is 0.0939 e. The van der Waals surface area contributed by atoms with Crippen LogP contribution in [0.15, 0.2) is 24.3 Å². The third-order valence-corrected chi connectivity index (χ3v) is 4.58. The van der Waals surface area contributed by atoms with E-state index in [4.69, 9.17) is 4.98 Å². The Morgan fingerprint density at radius 1 is 1.24 bits per heavy atom. The summed E-state index contributed by atoms with van der Waals surface area (Å²) in [4.78, 5) is 4.94. The van der Waals surface area contributed by atoms with Crippen molar-refractivity contribution in [2.24, 2.45) is 0 Å². The third-order valence-electron chi connectivity index (χ3n) is 4.58. The molecule has 0 saturated carbocycles. The lowest BCUT2D eigenvalue weighted by molar-refractivity contribution is 0.558. The molecule has 0 saturated heterocycles. The zero-order valence-corrected chi connectivity index (χ0v) is 13.4. The molecular formula is C19H26N2. The molecule has 0 amide bonds. The molecule has 1 N–H and O–H groups in total. The van der Waals surface area contributed by atoms with Crippen molar-refractivity contribution in [2.75, 3.05) is 5.32 Å². The molecule has 0 spiro atoms. The van der Waals surface area contributed by atoms with E-state index in [1.807, 2.05) is 0 Å². The molecule has 3 rings (SSSR count). The summed E-state index contributed by atoms with van der Waals surface area (Å²) in [6.45, 7) is 6.69. The molecule has 112 valence electrons.